The maximum atomic E-state index is 5.59. The number of anilines is 3. The second-order valence-electron chi connectivity index (χ2n) is 9.88. The Bertz CT molecular complexity index is 1690. The number of rotatable bonds is 4. The van der Waals surface area contributed by atoms with Gasteiger partial charge in [0.1, 0.15) is 5.76 Å². The monoisotopic (exact) mass is 489 g/mol. The third-order valence-electron chi connectivity index (χ3n) is 7.99. The first kappa shape index (κ1) is 22.4. The van der Waals surface area contributed by atoms with Gasteiger partial charge in [0.05, 0.1) is 23.1 Å². The van der Waals surface area contributed by atoms with Crippen molar-refractivity contribution >= 4 is 28.2 Å². The molecule has 0 radical (unpaired) electrons. The molecule has 2 heteroatoms. The van der Waals surface area contributed by atoms with Crippen molar-refractivity contribution in [1.82, 2.24) is 0 Å². The summed E-state index contributed by atoms with van der Waals surface area (Å²) in [6.45, 7) is 6.54. The summed E-state index contributed by atoms with van der Waals surface area (Å²) in [5.74, 6) is 0.785. The molecule has 182 valence electrons. The normalized spacial score (nSPS) is 15.0. The first-order chi connectivity index (χ1) is 18.7. The van der Waals surface area contributed by atoms with Crippen LogP contribution in [0.5, 0.6) is 0 Å². The van der Waals surface area contributed by atoms with Gasteiger partial charge in [-0.15, -0.1) is 0 Å². The van der Waals surface area contributed by atoms with Crippen LogP contribution in [-0.4, -0.2) is 0 Å². The molecular formula is C36H27NO. The number of furan rings is 1. The first-order valence-corrected chi connectivity index (χ1v) is 13.0. The van der Waals surface area contributed by atoms with Gasteiger partial charge in [0.25, 0.3) is 0 Å². The Morgan fingerprint density at radius 2 is 1.32 bits per heavy atom. The Labute approximate surface area is 223 Å². The Balaban J connectivity index is 1.52. The average molecular weight is 490 g/mol. The molecule has 38 heavy (non-hydrogen) atoms. The summed E-state index contributed by atoms with van der Waals surface area (Å²) in [7, 11) is 0. The lowest BCUT2D eigenvalue weighted by Gasteiger charge is -2.45. The van der Waals surface area contributed by atoms with Crippen LogP contribution in [0, 0.1) is 0 Å². The molecule has 0 atom stereocenters. The predicted molar refractivity (Wildman–Crippen MR) is 157 cm³/mol. The fraction of sp³-hybridized carbons (Fsp3) is 0.0556. The molecule has 2 heterocycles. The van der Waals surface area contributed by atoms with Crippen LogP contribution in [0.25, 0.3) is 11.1 Å². The number of allylic oxidation sites excluding steroid dienone is 5. The zero-order valence-corrected chi connectivity index (χ0v) is 21.3. The Morgan fingerprint density at radius 3 is 1.97 bits per heavy atom. The van der Waals surface area contributed by atoms with Gasteiger partial charge in [-0.3, -0.25) is 0 Å². The van der Waals surface area contributed by atoms with Crippen molar-refractivity contribution in [2.24, 2.45) is 0 Å². The van der Waals surface area contributed by atoms with Crippen LogP contribution in [0.2, 0.25) is 0 Å². The SMILES string of the molecule is C=C(/C=C\C1=C(C)C2(c3ccccc31)c1ccccc1N(c1ccccc1)c1ccccc12)c1ccco1. The molecule has 0 fully saturated rings. The Hall–Kier alpha value is -4.82. The van der Waals surface area contributed by atoms with Gasteiger partial charge in [0.2, 0.25) is 0 Å². The van der Waals surface area contributed by atoms with Crippen molar-refractivity contribution in [2.45, 2.75) is 12.3 Å². The molecule has 0 amide bonds. The number of para-hydroxylation sites is 3. The average Bonchev–Trinajstić information content (AvgIpc) is 3.59. The molecule has 0 bridgehead atoms. The van der Waals surface area contributed by atoms with E-state index in [2.05, 4.69) is 134 Å². The number of hydrogen-bond acceptors (Lipinski definition) is 2. The van der Waals surface area contributed by atoms with Crippen LogP contribution in [0.15, 0.2) is 150 Å². The molecule has 2 aliphatic rings. The first-order valence-electron chi connectivity index (χ1n) is 13.0. The summed E-state index contributed by atoms with van der Waals surface area (Å²) in [5, 5.41) is 0. The molecule has 1 spiro atoms. The van der Waals surface area contributed by atoms with Gasteiger partial charge in [-0.05, 0) is 76.7 Å². The topological polar surface area (TPSA) is 16.4 Å². The van der Waals surface area contributed by atoms with E-state index in [-0.39, 0.29) is 0 Å². The molecule has 1 aromatic heterocycles. The minimum absolute atomic E-state index is 0.402. The van der Waals surface area contributed by atoms with Gasteiger partial charge in [-0.2, -0.15) is 0 Å². The number of fused-ring (bicyclic) bond motifs is 6. The van der Waals surface area contributed by atoms with Crippen LogP contribution in [0.1, 0.15) is 34.9 Å². The van der Waals surface area contributed by atoms with Crippen LogP contribution in [0.4, 0.5) is 17.1 Å². The number of nitrogens with zero attached hydrogens (tertiary/aromatic N) is 1. The molecular weight excluding hydrogens is 462 g/mol. The van der Waals surface area contributed by atoms with Crippen molar-refractivity contribution in [2.75, 3.05) is 4.90 Å². The van der Waals surface area contributed by atoms with Crippen molar-refractivity contribution in [3.8, 4) is 0 Å². The summed E-state index contributed by atoms with van der Waals surface area (Å²) in [6, 6.07) is 41.1. The van der Waals surface area contributed by atoms with Gasteiger partial charge >= 0.3 is 0 Å². The lowest BCUT2D eigenvalue weighted by Crippen LogP contribution is -2.36. The highest BCUT2D eigenvalue weighted by Gasteiger charge is 2.50. The van der Waals surface area contributed by atoms with Gasteiger partial charge in [0, 0.05) is 11.3 Å². The van der Waals surface area contributed by atoms with E-state index in [4.69, 9.17) is 4.42 Å². The van der Waals surface area contributed by atoms with E-state index >= 15 is 0 Å². The van der Waals surface area contributed by atoms with Gasteiger partial charge < -0.3 is 9.32 Å². The molecule has 1 aliphatic carbocycles. The molecule has 4 aromatic carbocycles. The lowest BCUT2D eigenvalue weighted by molar-refractivity contribution is 0.554. The zero-order chi connectivity index (χ0) is 25.7. The van der Waals surface area contributed by atoms with Crippen molar-refractivity contribution in [3.63, 3.8) is 0 Å². The molecule has 0 saturated heterocycles. The number of benzene rings is 4. The predicted octanol–water partition coefficient (Wildman–Crippen LogP) is 9.45. The molecule has 0 N–H and O–H groups in total. The zero-order valence-electron chi connectivity index (χ0n) is 21.3. The highest BCUT2D eigenvalue weighted by atomic mass is 16.3. The molecule has 0 saturated carbocycles. The van der Waals surface area contributed by atoms with E-state index in [1.54, 1.807) is 6.26 Å². The molecule has 0 unspecified atom stereocenters. The van der Waals surface area contributed by atoms with E-state index in [1.807, 2.05) is 12.1 Å². The van der Waals surface area contributed by atoms with E-state index < -0.39 is 5.41 Å². The second kappa shape index (κ2) is 8.64. The molecule has 1 aliphatic heterocycles. The fourth-order valence-corrected chi connectivity index (χ4v) is 6.39. The fourth-order valence-electron chi connectivity index (χ4n) is 6.39. The quantitative estimate of drug-likeness (QED) is 0.234. The third kappa shape index (κ3) is 3.07. The highest BCUT2D eigenvalue weighted by Crippen LogP contribution is 2.62. The van der Waals surface area contributed by atoms with Crippen LogP contribution >= 0.6 is 0 Å². The maximum Gasteiger partial charge on any atom is 0.133 e. The standard InChI is InChI=1S/C36H27NO/c1-25(35-21-12-24-38-35)22-23-28-26(2)36(30-16-7-6-15-29(28)30)31-17-8-10-19-33(31)37(27-13-4-3-5-14-27)34-20-11-9-18-32(34)36/h3-24H,1H2,2H3/b23-22-. The summed E-state index contributed by atoms with van der Waals surface area (Å²) >= 11 is 0. The van der Waals surface area contributed by atoms with Crippen LogP contribution < -0.4 is 4.90 Å². The highest BCUT2D eigenvalue weighted by molar-refractivity contribution is 5.97. The van der Waals surface area contributed by atoms with Crippen molar-refractivity contribution in [1.29, 1.82) is 0 Å². The summed E-state index contributed by atoms with van der Waals surface area (Å²) < 4.78 is 5.59. The van der Waals surface area contributed by atoms with Gasteiger partial charge in [0.15, 0.2) is 0 Å². The van der Waals surface area contributed by atoms with E-state index in [0.29, 0.717) is 0 Å². The minimum Gasteiger partial charge on any atom is -0.464 e. The number of hydrogen-bond donors (Lipinski definition) is 0. The molecule has 5 aromatic rings. The van der Waals surface area contributed by atoms with E-state index in [1.165, 1.54) is 44.8 Å². The van der Waals surface area contributed by atoms with Gasteiger partial charge in [-0.25, -0.2) is 0 Å². The summed E-state index contributed by atoms with van der Waals surface area (Å²) in [4.78, 5) is 2.40. The van der Waals surface area contributed by atoms with E-state index in [0.717, 1.165) is 17.0 Å². The smallest absolute Gasteiger partial charge is 0.133 e. The lowest BCUT2D eigenvalue weighted by atomic mass is 9.64. The maximum absolute atomic E-state index is 5.59. The van der Waals surface area contributed by atoms with Crippen LogP contribution in [0.3, 0.4) is 0 Å². The Kier molecular flexibility index (Phi) is 5.09. The summed E-state index contributed by atoms with van der Waals surface area (Å²) in [5.41, 5.74) is 11.7. The minimum atomic E-state index is -0.402. The van der Waals surface area contributed by atoms with Gasteiger partial charge in [-0.1, -0.05) is 97.6 Å². The second-order valence-corrected chi connectivity index (χ2v) is 9.88. The van der Waals surface area contributed by atoms with Crippen molar-refractivity contribution < 1.29 is 4.42 Å². The molecule has 2 nitrogen and oxygen atoms in total. The van der Waals surface area contributed by atoms with Crippen LogP contribution in [-0.2, 0) is 5.41 Å². The Morgan fingerprint density at radius 1 is 0.711 bits per heavy atom. The van der Waals surface area contributed by atoms with Crippen molar-refractivity contribution in [3.05, 3.63) is 174 Å². The third-order valence-corrected chi connectivity index (χ3v) is 7.99. The molecule has 7 rings (SSSR count). The summed E-state index contributed by atoms with van der Waals surface area (Å²) in [6.07, 6.45) is 5.97. The largest absolute Gasteiger partial charge is 0.464 e. The van der Waals surface area contributed by atoms with E-state index in [9.17, 15) is 0 Å².